The van der Waals surface area contributed by atoms with Crippen molar-refractivity contribution in [1.29, 1.82) is 0 Å². The van der Waals surface area contributed by atoms with E-state index in [4.69, 9.17) is 4.74 Å². The van der Waals surface area contributed by atoms with E-state index >= 15 is 0 Å². The molecule has 0 aromatic heterocycles. The molecule has 1 aliphatic rings. The molecule has 7 heteroatoms. The summed E-state index contributed by atoms with van der Waals surface area (Å²) in [5, 5.41) is 3.30. The molecule has 1 aromatic rings. The van der Waals surface area contributed by atoms with Gasteiger partial charge in [-0.25, -0.2) is 17.5 Å². The van der Waals surface area contributed by atoms with Crippen LogP contribution in [0.1, 0.15) is 19.3 Å². The lowest BCUT2D eigenvalue weighted by molar-refractivity contribution is 0.385. The Morgan fingerprint density at radius 2 is 2.30 bits per heavy atom. The van der Waals surface area contributed by atoms with E-state index in [1.807, 2.05) is 0 Å². The van der Waals surface area contributed by atoms with Crippen LogP contribution < -0.4 is 14.8 Å². The maximum atomic E-state index is 13.5. The van der Waals surface area contributed by atoms with Crippen LogP contribution in [0.15, 0.2) is 23.1 Å². The minimum Gasteiger partial charge on any atom is -0.494 e. The van der Waals surface area contributed by atoms with Crippen molar-refractivity contribution in [1.82, 2.24) is 10.0 Å². The summed E-state index contributed by atoms with van der Waals surface area (Å²) in [6.07, 6.45) is 2.93. The Kier molecular flexibility index (Phi) is 4.95. The smallest absolute Gasteiger partial charge is 0.240 e. The van der Waals surface area contributed by atoms with Gasteiger partial charge >= 0.3 is 0 Å². The Labute approximate surface area is 118 Å². The second kappa shape index (κ2) is 6.51. The zero-order chi connectivity index (χ0) is 14.6. The van der Waals surface area contributed by atoms with E-state index in [0.717, 1.165) is 31.9 Å². The molecule has 1 aromatic carbocycles. The van der Waals surface area contributed by atoms with Crippen LogP contribution in [0.5, 0.6) is 5.75 Å². The molecule has 5 nitrogen and oxygen atoms in total. The summed E-state index contributed by atoms with van der Waals surface area (Å²) in [6.45, 7) is 1.33. The van der Waals surface area contributed by atoms with Crippen molar-refractivity contribution in [3.8, 4) is 5.75 Å². The first kappa shape index (κ1) is 15.2. The number of hydrogen-bond acceptors (Lipinski definition) is 4. The summed E-state index contributed by atoms with van der Waals surface area (Å²) in [4.78, 5) is -0.0878. The molecule has 20 heavy (non-hydrogen) atoms. The van der Waals surface area contributed by atoms with E-state index in [1.54, 1.807) is 0 Å². The largest absolute Gasteiger partial charge is 0.494 e. The molecule has 2 rings (SSSR count). The summed E-state index contributed by atoms with van der Waals surface area (Å²) in [6, 6.07) is 3.97. The maximum Gasteiger partial charge on any atom is 0.240 e. The van der Waals surface area contributed by atoms with Gasteiger partial charge in [0.05, 0.1) is 12.0 Å². The lowest BCUT2D eigenvalue weighted by Crippen LogP contribution is -2.30. The van der Waals surface area contributed by atoms with Gasteiger partial charge in [-0.2, -0.15) is 0 Å². The Morgan fingerprint density at radius 3 is 2.90 bits per heavy atom. The van der Waals surface area contributed by atoms with Gasteiger partial charge in [0.15, 0.2) is 11.6 Å². The standard InChI is InChI=1S/C13H19FN2O3S/c1-19-13-5-4-11(9-12(13)14)20(17,18)16-8-6-10-3-2-7-15-10/h4-5,9-10,15-16H,2-3,6-8H2,1H3. The van der Waals surface area contributed by atoms with Crippen LogP contribution in [0.25, 0.3) is 0 Å². The molecule has 2 N–H and O–H groups in total. The Bertz CT molecular complexity index is 557. The van der Waals surface area contributed by atoms with E-state index < -0.39 is 15.8 Å². The molecule has 1 aliphatic heterocycles. The quantitative estimate of drug-likeness (QED) is 0.830. The second-order valence-electron chi connectivity index (χ2n) is 4.78. The Morgan fingerprint density at radius 1 is 1.50 bits per heavy atom. The number of sulfonamides is 1. The highest BCUT2D eigenvalue weighted by atomic mass is 32.2. The fraction of sp³-hybridized carbons (Fsp3) is 0.538. The minimum absolute atomic E-state index is 0.0269. The fourth-order valence-electron chi connectivity index (χ4n) is 2.27. The van der Waals surface area contributed by atoms with Crippen molar-refractivity contribution in [2.75, 3.05) is 20.2 Å². The van der Waals surface area contributed by atoms with Crippen LogP contribution in [0.2, 0.25) is 0 Å². The van der Waals surface area contributed by atoms with Crippen LogP contribution in [0.3, 0.4) is 0 Å². The highest BCUT2D eigenvalue weighted by molar-refractivity contribution is 7.89. The molecule has 112 valence electrons. The molecule has 0 spiro atoms. The number of benzene rings is 1. The van der Waals surface area contributed by atoms with Gasteiger partial charge in [-0.05, 0) is 44.0 Å². The number of rotatable bonds is 6. The van der Waals surface area contributed by atoms with Gasteiger partial charge < -0.3 is 10.1 Å². The van der Waals surface area contributed by atoms with Gasteiger partial charge in [-0.3, -0.25) is 0 Å². The van der Waals surface area contributed by atoms with Crippen LogP contribution >= 0.6 is 0 Å². The third-order valence-corrected chi connectivity index (χ3v) is 4.84. The lowest BCUT2D eigenvalue weighted by Gasteiger charge is -2.11. The third kappa shape index (κ3) is 3.68. The summed E-state index contributed by atoms with van der Waals surface area (Å²) >= 11 is 0. The van der Waals surface area contributed by atoms with Gasteiger partial charge in [-0.15, -0.1) is 0 Å². The van der Waals surface area contributed by atoms with Gasteiger partial charge in [0, 0.05) is 12.6 Å². The van der Waals surface area contributed by atoms with Crippen molar-refractivity contribution in [3.63, 3.8) is 0 Å². The first-order chi connectivity index (χ1) is 9.53. The van der Waals surface area contributed by atoms with Crippen LogP contribution in [-0.2, 0) is 10.0 Å². The monoisotopic (exact) mass is 302 g/mol. The average Bonchev–Trinajstić information content (AvgIpc) is 2.91. The SMILES string of the molecule is COc1ccc(S(=O)(=O)NCCC2CCCN2)cc1F. The van der Waals surface area contributed by atoms with Gasteiger partial charge in [0.2, 0.25) is 10.0 Å². The molecule has 0 amide bonds. The molecule has 1 fully saturated rings. The zero-order valence-corrected chi connectivity index (χ0v) is 12.2. The first-order valence-corrected chi connectivity index (χ1v) is 8.08. The molecule has 0 aliphatic carbocycles. The van der Waals surface area contributed by atoms with Crippen LogP contribution in [0.4, 0.5) is 4.39 Å². The topological polar surface area (TPSA) is 67.4 Å². The van der Waals surface area contributed by atoms with Gasteiger partial charge in [0.1, 0.15) is 0 Å². The predicted molar refractivity (Wildman–Crippen MR) is 73.8 cm³/mol. The predicted octanol–water partition coefficient (Wildman–Crippen LogP) is 1.25. The van der Waals surface area contributed by atoms with Crippen molar-refractivity contribution in [2.45, 2.75) is 30.2 Å². The molecule has 1 saturated heterocycles. The normalized spacial score (nSPS) is 19.2. The lowest BCUT2D eigenvalue weighted by atomic mass is 10.2. The van der Waals surface area contributed by atoms with E-state index in [1.165, 1.54) is 19.2 Å². The summed E-state index contributed by atoms with van der Waals surface area (Å²) < 4.78 is 44.8. The number of methoxy groups -OCH3 is 1. The molecule has 0 saturated carbocycles. The van der Waals surface area contributed by atoms with E-state index in [-0.39, 0.29) is 10.6 Å². The molecular formula is C13H19FN2O3S. The average molecular weight is 302 g/mol. The van der Waals surface area contributed by atoms with Crippen molar-refractivity contribution in [3.05, 3.63) is 24.0 Å². The number of ether oxygens (including phenoxy) is 1. The van der Waals surface area contributed by atoms with Gasteiger partial charge in [-0.1, -0.05) is 0 Å². The van der Waals surface area contributed by atoms with Crippen LogP contribution in [0, 0.1) is 5.82 Å². The third-order valence-electron chi connectivity index (χ3n) is 3.38. The van der Waals surface area contributed by atoms with E-state index in [0.29, 0.717) is 12.6 Å². The first-order valence-electron chi connectivity index (χ1n) is 6.59. The molecular weight excluding hydrogens is 283 g/mol. The van der Waals surface area contributed by atoms with Gasteiger partial charge in [0.25, 0.3) is 0 Å². The highest BCUT2D eigenvalue weighted by Crippen LogP contribution is 2.20. The Balaban J connectivity index is 1.96. The number of nitrogens with one attached hydrogen (secondary N) is 2. The van der Waals surface area contributed by atoms with E-state index in [2.05, 4.69) is 10.0 Å². The Hall–Kier alpha value is -1.18. The number of hydrogen-bond donors (Lipinski definition) is 2. The second-order valence-corrected chi connectivity index (χ2v) is 6.54. The zero-order valence-electron chi connectivity index (χ0n) is 11.4. The summed E-state index contributed by atoms with van der Waals surface area (Å²) in [5.74, 6) is -0.660. The van der Waals surface area contributed by atoms with Crippen molar-refractivity contribution < 1.29 is 17.5 Å². The molecule has 1 atom stereocenters. The molecule has 0 radical (unpaired) electrons. The maximum absolute atomic E-state index is 13.5. The fourth-order valence-corrected chi connectivity index (χ4v) is 3.33. The summed E-state index contributed by atoms with van der Waals surface area (Å²) in [5.41, 5.74) is 0. The van der Waals surface area contributed by atoms with Crippen molar-refractivity contribution in [2.24, 2.45) is 0 Å². The minimum atomic E-state index is -3.67. The molecule has 1 heterocycles. The van der Waals surface area contributed by atoms with E-state index in [9.17, 15) is 12.8 Å². The van der Waals surface area contributed by atoms with Crippen molar-refractivity contribution >= 4 is 10.0 Å². The molecule has 1 unspecified atom stereocenters. The molecule has 0 bridgehead atoms. The summed E-state index contributed by atoms with van der Waals surface area (Å²) in [7, 11) is -2.34. The van der Waals surface area contributed by atoms with Crippen LogP contribution in [-0.4, -0.2) is 34.7 Å². The number of halogens is 1. The highest BCUT2D eigenvalue weighted by Gasteiger charge is 2.18.